The first-order valence-corrected chi connectivity index (χ1v) is 10.6. The number of carboxylic acid groups (broad SMARTS) is 2. The van der Waals surface area contributed by atoms with Gasteiger partial charge in [0.1, 0.15) is 18.2 Å². The Hall–Kier alpha value is -1.38. The van der Waals surface area contributed by atoms with E-state index in [2.05, 4.69) is 5.32 Å². The third-order valence-corrected chi connectivity index (χ3v) is 6.57. The molecule has 0 bridgehead atoms. The Morgan fingerprint density at radius 3 is 2.14 bits per heavy atom. The number of amides is 1. The van der Waals surface area contributed by atoms with Crippen molar-refractivity contribution in [3.63, 3.8) is 0 Å². The Morgan fingerprint density at radius 1 is 1.11 bits per heavy atom. The highest BCUT2D eigenvalue weighted by Gasteiger charge is 2.34. The third-order valence-electron chi connectivity index (χ3n) is 3.73. The molecule has 1 unspecified atom stereocenters. The standard InChI is InChI=1S/C15H27N3O8S2/c1-15(2,6-19)11(21)12(22)18-4-3-8(20)10(9(17)14(25)26)28-27-5-7(16)13(23)24/h7,9-11,19,21H,3-6,16-17H2,1-2H3,(H,18,22)(H,23,24)(H,25,26)/t7-,9-,10?,11-/m0/s1. The van der Waals surface area contributed by atoms with Gasteiger partial charge in [-0.1, -0.05) is 35.4 Å². The highest BCUT2D eigenvalue weighted by atomic mass is 33.1. The number of carboxylic acids is 2. The van der Waals surface area contributed by atoms with Crippen LogP contribution >= 0.6 is 21.6 Å². The van der Waals surface area contributed by atoms with Gasteiger partial charge in [0, 0.05) is 24.1 Å². The lowest BCUT2D eigenvalue weighted by molar-refractivity contribution is -0.140. The molecule has 0 aliphatic carbocycles. The Bertz CT molecular complexity index is 575. The highest BCUT2D eigenvalue weighted by Crippen LogP contribution is 2.30. The normalized spacial score (nSPS) is 15.9. The fourth-order valence-corrected chi connectivity index (χ4v) is 4.46. The summed E-state index contributed by atoms with van der Waals surface area (Å²) in [5.41, 5.74) is 9.81. The topological polar surface area (TPSA) is 213 Å². The summed E-state index contributed by atoms with van der Waals surface area (Å²) in [4.78, 5) is 46.0. The number of nitrogens with two attached hydrogens (primary N) is 2. The number of carbonyl (C=O) groups excluding carboxylic acids is 2. The van der Waals surface area contributed by atoms with Crippen LogP contribution in [0.4, 0.5) is 0 Å². The van der Waals surface area contributed by atoms with Crippen LogP contribution in [0.1, 0.15) is 20.3 Å². The van der Waals surface area contributed by atoms with E-state index in [0.717, 1.165) is 21.6 Å². The molecule has 0 fully saturated rings. The van der Waals surface area contributed by atoms with Crippen molar-refractivity contribution in [2.75, 3.05) is 18.9 Å². The van der Waals surface area contributed by atoms with Crippen LogP contribution < -0.4 is 16.8 Å². The lowest BCUT2D eigenvalue weighted by Crippen LogP contribution is -2.47. The zero-order valence-electron chi connectivity index (χ0n) is 15.5. The number of aliphatic hydroxyl groups is 2. The van der Waals surface area contributed by atoms with Gasteiger partial charge in [0.25, 0.3) is 0 Å². The number of rotatable bonds is 14. The van der Waals surface area contributed by atoms with Gasteiger partial charge in [-0.05, 0) is 0 Å². The number of Topliss-reactive ketones (excluding diaryl/α,β-unsaturated/α-hetero) is 1. The minimum atomic E-state index is -1.53. The van der Waals surface area contributed by atoms with Gasteiger partial charge in [0.2, 0.25) is 5.91 Å². The maximum absolute atomic E-state index is 12.3. The molecule has 1 amide bonds. The van der Waals surface area contributed by atoms with E-state index in [1.165, 1.54) is 13.8 Å². The maximum atomic E-state index is 12.3. The predicted octanol–water partition coefficient (Wildman–Crippen LogP) is -1.98. The molecule has 9 N–H and O–H groups in total. The molecule has 162 valence electrons. The summed E-state index contributed by atoms with van der Waals surface area (Å²) < 4.78 is 0. The second-order valence-electron chi connectivity index (χ2n) is 6.67. The average molecular weight is 442 g/mol. The fourth-order valence-electron chi connectivity index (χ4n) is 1.69. The van der Waals surface area contributed by atoms with Gasteiger partial charge >= 0.3 is 11.9 Å². The van der Waals surface area contributed by atoms with Gasteiger partial charge in [-0.25, -0.2) is 0 Å². The molecule has 0 aromatic rings. The molecule has 0 aromatic heterocycles. The van der Waals surface area contributed by atoms with Crippen molar-refractivity contribution in [1.29, 1.82) is 0 Å². The number of hydrogen-bond acceptors (Lipinski definition) is 10. The van der Waals surface area contributed by atoms with Crippen LogP contribution in [0, 0.1) is 5.41 Å². The van der Waals surface area contributed by atoms with Gasteiger partial charge in [-0.15, -0.1) is 0 Å². The Morgan fingerprint density at radius 2 is 1.68 bits per heavy atom. The fraction of sp³-hybridized carbons (Fsp3) is 0.733. The molecular weight excluding hydrogens is 414 g/mol. The molecule has 0 rings (SSSR count). The summed E-state index contributed by atoms with van der Waals surface area (Å²) in [5, 5.41) is 38.0. The van der Waals surface area contributed by atoms with E-state index in [1.807, 2.05) is 0 Å². The van der Waals surface area contributed by atoms with Gasteiger partial charge in [0.05, 0.1) is 11.9 Å². The molecule has 13 heteroatoms. The van der Waals surface area contributed by atoms with E-state index >= 15 is 0 Å². The largest absolute Gasteiger partial charge is 0.480 e. The molecule has 0 radical (unpaired) electrons. The number of ketones is 1. The Labute approximate surface area is 170 Å². The van der Waals surface area contributed by atoms with Crippen LogP contribution in [-0.4, -0.2) is 86.4 Å². The monoisotopic (exact) mass is 441 g/mol. The van der Waals surface area contributed by atoms with Gasteiger partial charge in [-0.2, -0.15) is 0 Å². The van der Waals surface area contributed by atoms with Crippen LogP contribution in [0.3, 0.4) is 0 Å². The lowest BCUT2D eigenvalue weighted by atomic mass is 9.87. The van der Waals surface area contributed by atoms with Crippen molar-refractivity contribution in [3.05, 3.63) is 0 Å². The average Bonchev–Trinajstić information content (AvgIpc) is 2.63. The first kappa shape index (κ1) is 26.6. The van der Waals surface area contributed by atoms with Crippen molar-refractivity contribution in [2.45, 2.75) is 43.7 Å². The van der Waals surface area contributed by atoms with Crippen molar-refractivity contribution < 1.29 is 39.6 Å². The molecular formula is C15H27N3O8S2. The molecule has 0 aromatic carbocycles. The zero-order chi connectivity index (χ0) is 22.1. The molecule has 0 heterocycles. The minimum Gasteiger partial charge on any atom is -0.480 e. The summed E-state index contributed by atoms with van der Waals surface area (Å²) in [6, 6.07) is -2.70. The molecule has 0 saturated heterocycles. The summed E-state index contributed by atoms with van der Waals surface area (Å²) in [7, 11) is 1.72. The molecule has 28 heavy (non-hydrogen) atoms. The van der Waals surface area contributed by atoms with E-state index in [9.17, 15) is 24.3 Å². The molecule has 0 saturated carbocycles. The second-order valence-corrected chi connectivity index (χ2v) is 9.22. The third kappa shape index (κ3) is 8.75. The minimum absolute atomic E-state index is 0.0602. The highest BCUT2D eigenvalue weighted by molar-refractivity contribution is 8.77. The number of carbonyl (C=O) groups is 4. The van der Waals surface area contributed by atoms with E-state index < -0.39 is 59.1 Å². The van der Waals surface area contributed by atoms with E-state index in [1.54, 1.807) is 0 Å². The van der Waals surface area contributed by atoms with Crippen LogP contribution in [0.25, 0.3) is 0 Å². The number of nitrogens with one attached hydrogen (secondary N) is 1. The molecule has 0 aliphatic heterocycles. The van der Waals surface area contributed by atoms with E-state index in [4.69, 9.17) is 26.8 Å². The summed E-state index contributed by atoms with van der Waals surface area (Å²) in [6.45, 7) is 2.38. The second kappa shape index (κ2) is 12.2. The van der Waals surface area contributed by atoms with E-state index in [-0.39, 0.29) is 18.7 Å². The van der Waals surface area contributed by atoms with Crippen LogP contribution in [0.5, 0.6) is 0 Å². The predicted molar refractivity (Wildman–Crippen MR) is 105 cm³/mol. The molecule has 4 atom stereocenters. The van der Waals surface area contributed by atoms with Crippen molar-refractivity contribution in [2.24, 2.45) is 16.9 Å². The van der Waals surface area contributed by atoms with Crippen molar-refractivity contribution in [3.8, 4) is 0 Å². The Balaban J connectivity index is 4.73. The number of aliphatic carboxylic acids is 2. The van der Waals surface area contributed by atoms with Crippen LogP contribution in [-0.2, 0) is 19.2 Å². The van der Waals surface area contributed by atoms with Crippen molar-refractivity contribution in [1.82, 2.24) is 5.32 Å². The zero-order valence-corrected chi connectivity index (χ0v) is 17.2. The number of aliphatic hydroxyl groups excluding tert-OH is 2. The summed E-state index contributed by atoms with van der Waals surface area (Å²) in [5.74, 6) is -4.04. The maximum Gasteiger partial charge on any atom is 0.322 e. The first-order valence-electron chi connectivity index (χ1n) is 8.19. The molecule has 0 aliphatic rings. The molecule has 0 spiro atoms. The van der Waals surface area contributed by atoms with Crippen molar-refractivity contribution >= 4 is 45.2 Å². The van der Waals surface area contributed by atoms with Crippen LogP contribution in [0.15, 0.2) is 0 Å². The van der Waals surface area contributed by atoms with Gasteiger partial charge in [-0.3, -0.25) is 19.2 Å². The first-order chi connectivity index (χ1) is 12.8. The van der Waals surface area contributed by atoms with Gasteiger partial charge < -0.3 is 37.2 Å². The van der Waals surface area contributed by atoms with Gasteiger partial charge in [0.15, 0.2) is 5.78 Å². The van der Waals surface area contributed by atoms with E-state index in [0.29, 0.717) is 0 Å². The van der Waals surface area contributed by atoms with Crippen LogP contribution in [0.2, 0.25) is 0 Å². The molecule has 11 nitrogen and oxygen atoms in total. The Kier molecular flexibility index (Phi) is 11.6. The number of hydrogen-bond donors (Lipinski definition) is 7. The lowest BCUT2D eigenvalue weighted by Gasteiger charge is -2.27. The SMILES string of the molecule is CC(C)(CO)[C@@H](O)C(=O)NCCC(=O)C(SSC[C@H](N)C(=O)O)[C@H](N)C(=O)O. The smallest absolute Gasteiger partial charge is 0.322 e. The summed E-state index contributed by atoms with van der Waals surface area (Å²) in [6.07, 6.45) is -1.74. The summed E-state index contributed by atoms with van der Waals surface area (Å²) >= 11 is 0. The quantitative estimate of drug-likeness (QED) is 0.146.